The standard InChI is InChI=1S/C10H13NO2.C8H10AsNO5/c11-7-6-10(12)13-8-9-4-2-1-3-5-9;1-7(11)10-14-9(12,15-13)8-5-3-2-4-6-8/h1-5H,6-8,11H2;2-6,13H,1H3,(H,10,11). The fourth-order valence-corrected chi connectivity index (χ4v) is 3.92. The van der Waals surface area contributed by atoms with E-state index < -0.39 is 20.1 Å². The van der Waals surface area contributed by atoms with E-state index in [1.807, 2.05) is 35.8 Å². The van der Waals surface area contributed by atoms with Crippen LogP contribution in [0.1, 0.15) is 18.9 Å². The number of amides is 1. The van der Waals surface area contributed by atoms with Crippen LogP contribution in [0.2, 0.25) is 0 Å². The molecule has 2 aromatic rings. The Morgan fingerprint density at radius 1 is 1.07 bits per heavy atom. The van der Waals surface area contributed by atoms with Gasteiger partial charge in [0.1, 0.15) is 6.61 Å². The molecule has 0 aliphatic carbocycles. The molecule has 0 bridgehead atoms. The summed E-state index contributed by atoms with van der Waals surface area (Å²) in [5.74, 6) is -0.782. The van der Waals surface area contributed by atoms with Crippen molar-refractivity contribution in [1.82, 2.24) is 5.48 Å². The summed E-state index contributed by atoms with van der Waals surface area (Å²) in [7, 11) is 0. The Bertz CT molecular complexity index is 772. The average Bonchev–Trinajstić information content (AvgIpc) is 2.72. The molecule has 1 atom stereocenters. The molecule has 0 spiro atoms. The second kappa shape index (κ2) is 12.9. The van der Waals surface area contributed by atoms with Gasteiger partial charge in [-0.25, -0.2) is 0 Å². The molecule has 0 heterocycles. The minimum atomic E-state index is -4.55. The molecule has 0 saturated carbocycles. The Hall–Kier alpha value is -2.42. The van der Waals surface area contributed by atoms with Crippen LogP contribution in [0.25, 0.3) is 0 Å². The van der Waals surface area contributed by atoms with Gasteiger partial charge in [0.25, 0.3) is 0 Å². The molecular formula is C18H23AsN2O7. The number of ether oxygens (including phenoxy) is 1. The first kappa shape index (κ1) is 23.6. The van der Waals surface area contributed by atoms with Crippen LogP contribution < -0.4 is 15.6 Å². The fourth-order valence-electron chi connectivity index (χ4n) is 1.78. The molecule has 2 aromatic carbocycles. The molecule has 4 N–H and O–H groups in total. The molecule has 0 aliphatic heterocycles. The van der Waals surface area contributed by atoms with E-state index in [1.165, 1.54) is 19.1 Å². The number of esters is 1. The minimum Gasteiger partial charge on any atom is -0.461 e. The summed E-state index contributed by atoms with van der Waals surface area (Å²) in [6.07, 6.45) is 0.285. The average molecular weight is 454 g/mol. The van der Waals surface area contributed by atoms with E-state index in [0.29, 0.717) is 13.2 Å². The first-order chi connectivity index (χ1) is 13.4. The summed E-state index contributed by atoms with van der Waals surface area (Å²) in [6.45, 7) is 1.86. The molecule has 2 rings (SSSR count). The maximum atomic E-state index is 11.8. The van der Waals surface area contributed by atoms with Crippen LogP contribution in [-0.2, 0) is 32.4 Å². The van der Waals surface area contributed by atoms with Gasteiger partial charge >= 0.3 is 94.6 Å². The zero-order chi connectivity index (χ0) is 20.8. The van der Waals surface area contributed by atoms with Gasteiger partial charge in [0, 0.05) is 6.54 Å². The van der Waals surface area contributed by atoms with Crippen LogP contribution in [0.4, 0.5) is 0 Å². The van der Waals surface area contributed by atoms with Crippen molar-refractivity contribution < 1.29 is 31.0 Å². The first-order valence-corrected chi connectivity index (χ1v) is 11.5. The van der Waals surface area contributed by atoms with E-state index >= 15 is 0 Å². The molecule has 0 radical (unpaired) electrons. The van der Waals surface area contributed by atoms with Crippen molar-refractivity contribution >= 4 is 30.4 Å². The third-order valence-electron chi connectivity index (χ3n) is 3.08. The molecule has 0 aliphatic rings. The summed E-state index contributed by atoms with van der Waals surface area (Å²) < 4.78 is 25.4. The molecular weight excluding hydrogens is 431 g/mol. The SMILES string of the molecule is CC(=O)NO[As](=O)(OO)c1ccccc1.NCCC(=O)OCc1ccccc1. The Labute approximate surface area is 165 Å². The van der Waals surface area contributed by atoms with Gasteiger partial charge in [-0.1, -0.05) is 30.3 Å². The number of carbonyl (C=O) groups excluding carboxylic acids is 2. The third-order valence-corrected chi connectivity index (χ3v) is 6.18. The fraction of sp³-hybridized carbons (Fsp3) is 0.222. The zero-order valence-corrected chi connectivity index (χ0v) is 17.2. The molecule has 152 valence electrons. The monoisotopic (exact) mass is 454 g/mol. The summed E-state index contributed by atoms with van der Waals surface area (Å²) in [4.78, 5) is 21.5. The number of nitrogens with one attached hydrogen (secondary N) is 1. The van der Waals surface area contributed by atoms with Crippen molar-refractivity contribution in [3.05, 3.63) is 66.2 Å². The maximum absolute atomic E-state index is 11.8. The Kier molecular flexibility index (Phi) is 10.9. The van der Waals surface area contributed by atoms with Crippen LogP contribution >= 0.6 is 0 Å². The summed E-state index contributed by atoms with van der Waals surface area (Å²) in [5.41, 5.74) is 8.07. The van der Waals surface area contributed by atoms with E-state index in [-0.39, 0.29) is 16.7 Å². The van der Waals surface area contributed by atoms with Crippen molar-refractivity contribution in [2.24, 2.45) is 5.73 Å². The van der Waals surface area contributed by atoms with Gasteiger partial charge in [0.15, 0.2) is 0 Å². The molecule has 9 nitrogen and oxygen atoms in total. The first-order valence-electron chi connectivity index (χ1n) is 8.25. The number of carbonyl (C=O) groups is 2. The van der Waals surface area contributed by atoms with E-state index in [2.05, 4.69) is 7.70 Å². The third kappa shape index (κ3) is 8.98. The number of benzene rings is 2. The van der Waals surface area contributed by atoms with Crippen LogP contribution in [0, 0.1) is 0 Å². The topological polar surface area (TPSA) is 137 Å². The Balaban J connectivity index is 0.000000283. The van der Waals surface area contributed by atoms with Gasteiger partial charge in [-0.15, -0.1) is 0 Å². The van der Waals surface area contributed by atoms with E-state index in [4.69, 9.17) is 15.7 Å². The van der Waals surface area contributed by atoms with Gasteiger partial charge in [0.05, 0.1) is 6.42 Å². The Morgan fingerprint density at radius 2 is 1.64 bits per heavy atom. The molecule has 1 unspecified atom stereocenters. The second-order valence-corrected chi connectivity index (χ2v) is 9.25. The normalized spacial score (nSPS) is 12.1. The molecule has 28 heavy (non-hydrogen) atoms. The van der Waals surface area contributed by atoms with Crippen LogP contribution in [-0.4, -0.2) is 37.9 Å². The minimum absolute atomic E-state index is 0.201. The predicted molar refractivity (Wildman–Crippen MR) is 101 cm³/mol. The van der Waals surface area contributed by atoms with Gasteiger partial charge < -0.3 is 10.5 Å². The predicted octanol–water partition coefficient (Wildman–Crippen LogP) is 0.899. The largest absolute Gasteiger partial charge is 0.461 e. The number of hydrogen-bond acceptors (Lipinski definition) is 8. The van der Waals surface area contributed by atoms with E-state index in [1.54, 1.807) is 18.2 Å². The molecule has 0 fully saturated rings. The van der Waals surface area contributed by atoms with Crippen LogP contribution in [0.3, 0.4) is 0 Å². The van der Waals surface area contributed by atoms with Gasteiger partial charge in [-0.05, 0) is 5.56 Å². The molecule has 10 heteroatoms. The number of hydroxylamine groups is 1. The van der Waals surface area contributed by atoms with Gasteiger partial charge in [-0.3, -0.25) is 4.79 Å². The van der Waals surface area contributed by atoms with E-state index in [0.717, 1.165) is 5.56 Å². The maximum Gasteiger partial charge on any atom is 0.307 e. The summed E-state index contributed by atoms with van der Waals surface area (Å²) >= 11 is -4.55. The summed E-state index contributed by atoms with van der Waals surface area (Å²) in [5, 5.41) is 8.54. The zero-order valence-electron chi connectivity index (χ0n) is 15.3. The smallest absolute Gasteiger partial charge is 0.307 e. The van der Waals surface area contributed by atoms with Crippen molar-refractivity contribution in [3.63, 3.8) is 0 Å². The van der Waals surface area contributed by atoms with Crippen molar-refractivity contribution in [3.8, 4) is 0 Å². The van der Waals surface area contributed by atoms with E-state index in [9.17, 15) is 13.3 Å². The second-order valence-electron chi connectivity index (χ2n) is 5.35. The van der Waals surface area contributed by atoms with Gasteiger partial charge in [-0.2, -0.15) is 0 Å². The molecule has 0 aromatic heterocycles. The molecule has 1 amide bonds. The van der Waals surface area contributed by atoms with Crippen molar-refractivity contribution in [1.29, 1.82) is 0 Å². The number of rotatable bonds is 8. The van der Waals surface area contributed by atoms with Crippen LogP contribution in [0.5, 0.6) is 0 Å². The van der Waals surface area contributed by atoms with Crippen LogP contribution in [0.15, 0.2) is 60.7 Å². The number of hydrogen-bond donors (Lipinski definition) is 3. The van der Waals surface area contributed by atoms with Crippen molar-refractivity contribution in [2.45, 2.75) is 20.0 Å². The Morgan fingerprint density at radius 3 is 2.14 bits per heavy atom. The number of nitrogens with two attached hydrogens (primary N) is 1. The summed E-state index contributed by atoms with van der Waals surface area (Å²) in [6, 6.07) is 17.4. The molecule has 0 saturated heterocycles. The quantitative estimate of drug-likeness (QED) is 0.232. The van der Waals surface area contributed by atoms with Gasteiger partial charge in [0.2, 0.25) is 0 Å². The van der Waals surface area contributed by atoms with Crippen molar-refractivity contribution in [2.75, 3.05) is 6.54 Å².